The number of likely N-dealkylation sites (tertiary alicyclic amines) is 1. The molecule has 3 aliphatic heterocycles. The van der Waals surface area contributed by atoms with Crippen LogP contribution >= 0.6 is 0 Å². The second-order valence-electron chi connectivity index (χ2n) is 8.46. The molecule has 0 unspecified atom stereocenters. The van der Waals surface area contributed by atoms with E-state index in [9.17, 15) is 13.2 Å². The van der Waals surface area contributed by atoms with Crippen LogP contribution in [0.15, 0.2) is 23.0 Å². The van der Waals surface area contributed by atoms with Gasteiger partial charge in [0.05, 0.1) is 37.4 Å². The van der Waals surface area contributed by atoms with Crippen LogP contribution in [0.1, 0.15) is 37.7 Å². The highest BCUT2D eigenvalue weighted by atomic mass is 19.4. The molecule has 1 aromatic heterocycles. The van der Waals surface area contributed by atoms with E-state index in [2.05, 4.69) is 11.0 Å². The average molecular weight is 449 g/mol. The van der Waals surface area contributed by atoms with Crippen LogP contribution in [0.5, 0.6) is 0 Å². The van der Waals surface area contributed by atoms with Gasteiger partial charge >= 0.3 is 12.1 Å². The maximum Gasteiger partial charge on any atom is 0.490 e. The number of ether oxygens (including phenoxy) is 3. The number of alkyl halides is 3. The van der Waals surface area contributed by atoms with Gasteiger partial charge < -0.3 is 23.7 Å². The SMILES string of the molecule is O=C(O)C(F)(F)F.c1cc(CN2CCC[C@]3(C[C@@H](OCC4CCOCC4)CO3)C2)co1. The fourth-order valence-corrected chi connectivity index (χ4v) is 4.35. The first-order valence-electron chi connectivity index (χ1n) is 10.6. The Morgan fingerprint density at radius 1 is 1.32 bits per heavy atom. The van der Waals surface area contributed by atoms with Crippen molar-refractivity contribution in [2.45, 2.75) is 56.5 Å². The van der Waals surface area contributed by atoms with Gasteiger partial charge in [0.2, 0.25) is 0 Å². The number of piperidine rings is 1. The van der Waals surface area contributed by atoms with E-state index >= 15 is 0 Å². The van der Waals surface area contributed by atoms with E-state index in [1.54, 1.807) is 6.26 Å². The molecule has 176 valence electrons. The van der Waals surface area contributed by atoms with E-state index in [0.717, 1.165) is 71.7 Å². The summed E-state index contributed by atoms with van der Waals surface area (Å²) in [5.74, 6) is -2.09. The maximum absolute atomic E-state index is 10.6. The lowest BCUT2D eigenvalue weighted by atomic mass is 9.89. The Hall–Kier alpha value is -1.62. The first-order valence-corrected chi connectivity index (χ1v) is 10.6. The molecule has 1 aromatic rings. The number of aliphatic carboxylic acids is 1. The molecule has 4 heterocycles. The number of hydrogen-bond acceptors (Lipinski definition) is 6. The summed E-state index contributed by atoms with van der Waals surface area (Å²) < 4.78 is 54.8. The third-order valence-corrected chi connectivity index (χ3v) is 5.93. The average Bonchev–Trinajstić information content (AvgIpc) is 3.37. The zero-order valence-corrected chi connectivity index (χ0v) is 17.4. The first kappa shape index (κ1) is 24.0. The molecule has 31 heavy (non-hydrogen) atoms. The van der Waals surface area contributed by atoms with Gasteiger partial charge in [-0.1, -0.05) is 0 Å². The molecule has 2 atom stereocenters. The second-order valence-corrected chi connectivity index (χ2v) is 8.46. The molecule has 10 heteroatoms. The molecule has 0 saturated carbocycles. The summed E-state index contributed by atoms with van der Waals surface area (Å²) in [5.41, 5.74) is 1.25. The lowest BCUT2D eigenvalue weighted by molar-refractivity contribution is -0.192. The lowest BCUT2D eigenvalue weighted by Gasteiger charge is -2.39. The predicted octanol–water partition coefficient (Wildman–Crippen LogP) is 3.48. The molecule has 3 saturated heterocycles. The normalized spacial score (nSPS) is 27.8. The number of furan rings is 1. The van der Waals surface area contributed by atoms with Crippen LogP contribution in [0.3, 0.4) is 0 Å². The summed E-state index contributed by atoms with van der Waals surface area (Å²) in [6.45, 7) is 6.51. The van der Waals surface area contributed by atoms with Crippen LogP contribution in [0.25, 0.3) is 0 Å². The zero-order chi connectivity index (χ0) is 22.3. The van der Waals surface area contributed by atoms with Gasteiger partial charge in [-0.15, -0.1) is 0 Å². The van der Waals surface area contributed by atoms with Crippen LogP contribution in [0.4, 0.5) is 13.2 Å². The minimum Gasteiger partial charge on any atom is -0.475 e. The van der Waals surface area contributed by atoms with E-state index in [4.69, 9.17) is 28.5 Å². The van der Waals surface area contributed by atoms with Crippen LogP contribution in [0, 0.1) is 5.92 Å². The Morgan fingerprint density at radius 3 is 2.71 bits per heavy atom. The highest BCUT2D eigenvalue weighted by molar-refractivity contribution is 5.73. The summed E-state index contributed by atoms with van der Waals surface area (Å²) in [5, 5.41) is 7.12. The molecule has 1 N–H and O–H groups in total. The van der Waals surface area contributed by atoms with E-state index in [0.29, 0.717) is 5.92 Å². The second kappa shape index (κ2) is 10.8. The molecule has 0 aliphatic carbocycles. The fraction of sp³-hybridized carbons (Fsp3) is 0.762. The topological polar surface area (TPSA) is 81.4 Å². The summed E-state index contributed by atoms with van der Waals surface area (Å²) in [4.78, 5) is 11.4. The van der Waals surface area contributed by atoms with Crippen molar-refractivity contribution in [2.24, 2.45) is 5.92 Å². The fourth-order valence-electron chi connectivity index (χ4n) is 4.35. The van der Waals surface area contributed by atoms with Crippen molar-refractivity contribution in [1.29, 1.82) is 0 Å². The molecule has 4 rings (SSSR count). The summed E-state index contributed by atoms with van der Waals surface area (Å²) in [7, 11) is 0. The molecule has 3 fully saturated rings. The van der Waals surface area contributed by atoms with E-state index in [1.165, 1.54) is 12.0 Å². The van der Waals surface area contributed by atoms with Crippen LogP contribution < -0.4 is 0 Å². The van der Waals surface area contributed by atoms with Crippen LogP contribution in [-0.4, -0.2) is 73.4 Å². The Labute approximate surface area is 179 Å². The number of carboxylic acid groups (broad SMARTS) is 1. The standard InChI is InChI=1S/C19H29NO4.C2HF3O2/c1-5-19(15-20(6-1)11-17-4-9-22-12-17)10-18(14-24-19)23-13-16-2-7-21-8-3-16;3-2(4,5)1(6)7/h4,9,12,16,18H,1-3,5-8,10-11,13-15H2;(H,6,7)/t18-,19+;/m1./s1. The zero-order valence-electron chi connectivity index (χ0n) is 17.4. The Kier molecular flexibility index (Phi) is 8.37. The molecule has 0 bridgehead atoms. The molecule has 1 spiro atoms. The minimum atomic E-state index is -5.08. The molecule has 0 amide bonds. The monoisotopic (exact) mass is 449 g/mol. The summed E-state index contributed by atoms with van der Waals surface area (Å²) in [6.07, 6.45) is 4.45. The van der Waals surface area contributed by atoms with Gasteiger partial charge in [-0.05, 0) is 44.2 Å². The number of carbonyl (C=O) groups is 1. The Bertz CT molecular complexity index is 677. The van der Waals surface area contributed by atoms with Gasteiger partial charge in [0, 0.05) is 38.3 Å². The van der Waals surface area contributed by atoms with Crippen molar-refractivity contribution < 1.29 is 41.7 Å². The number of halogens is 3. The van der Waals surface area contributed by atoms with Crippen molar-refractivity contribution in [2.75, 3.05) is 39.5 Å². The minimum absolute atomic E-state index is 0.00231. The molecule has 3 aliphatic rings. The quantitative estimate of drug-likeness (QED) is 0.737. The van der Waals surface area contributed by atoms with Crippen molar-refractivity contribution in [3.05, 3.63) is 24.2 Å². The van der Waals surface area contributed by atoms with Gasteiger partial charge in [-0.25, -0.2) is 4.79 Å². The number of nitrogens with zero attached hydrogens (tertiary/aromatic N) is 1. The number of hydrogen-bond donors (Lipinski definition) is 1. The molecule has 0 radical (unpaired) electrons. The van der Waals surface area contributed by atoms with Crippen LogP contribution in [0.2, 0.25) is 0 Å². The van der Waals surface area contributed by atoms with Gasteiger partial charge in [-0.2, -0.15) is 13.2 Å². The van der Waals surface area contributed by atoms with E-state index < -0.39 is 12.1 Å². The molecular formula is C21H30F3NO6. The van der Waals surface area contributed by atoms with Crippen molar-refractivity contribution in [1.82, 2.24) is 4.90 Å². The lowest BCUT2D eigenvalue weighted by Crippen LogP contribution is -2.47. The Morgan fingerprint density at radius 2 is 2.06 bits per heavy atom. The van der Waals surface area contributed by atoms with Crippen molar-refractivity contribution in [3.63, 3.8) is 0 Å². The van der Waals surface area contributed by atoms with E-state index in [-0.39, 0.29) is 11.7 Å². The summed E-state index contributed by atoms with van der Waals surface area (Å²) in [6, 6.07) is 2.05. The van der Waals surface area contributed by atoms with Gasteiger partial charge in [0.15, 0.2) is 0 Å². The Balaban J connectivity index is 0.000000339. The maximum atomic E-state index is 10.6. The molecular weight excluding hydrogens is 419 g/mol. The third kappa shape index (κ3) is 7.48. The van der Waals surface area contributed by atoms with Crippen LogP contribution in [-0.2, 0) is 25.5 Å². The largest absolute Gasteiger partial charge is 0.490 e. The predicted molar refractivity (Wildman–Crippen MR) is 103 cm³/mol. The third-order valence-electron chi connectivity index (χ3n) is 5.93. The van der Waals surface area contributed by atoms with E-state index in [1.807, 2.05) is 6.26 Å². The van der Waals surface area contributed by atoms with Gasteiger partial charge in [0.1, 0.15) is 0 Å². The summed E-state index contributed by atoms with van der Waals surface area (Å²) >= 11 is 0. The van der Waals surface area contributed by atoms with Crippen molar-refractivity contribution in [3.8, 4) is 0 Å². The number of rotatable bonds is 5. The highest BCUT2D eigenvalue weighted by Gasteiger charge is 2.44. The van der Waals surface area contributed by atoms with Gasteiger partial charge in [-0.3, -0.25) is 4.90 Å². The molecule has 7 nitrogen and oxygen atoms in total. The highest BCUT2D eigenvalue weighted by Crippen LogP contribution is 2.36. The van der Waals surface area contributed by atoms with Crippen molar-refractivity contribution >= 4 is 5.97 Å². The molecule has 0 aromatic carbocycles. The van der Waals surface area contributed by atoms with Gasteiger partial charge in [0.25, 0.3) is 0 Å². The first-order chi connectivity index (χ1) is 14.8. The smallest absolute Gasteiger partial charge is 0.475 e. The number of carboxylic acids is 1.